The molecule has 27 heavy (non-hydrogen) atoms. The van der Waals surface area contributed by atoms with E-state index in [9.17, 15) is 4.79 Å². The Balaban J connectivity index is 1.31. The Morgan fingerprint density at radius 3 is 2.89 bits per heavy atom. The third kappa shape index (κ3) is 3.01. The van der Waals surface area contributed by atoms with Crippen LogP contribution in [0.4, 0.5) is 5.82 Å². The standard InChI is InChI=1S/C21H21N5O/c27-21(19-8-5-14-3-1-2-4-17(14)24-19)26-12-15-6-7-18(16(15)13-26)25-20-11-22-9-10-23-20/h1-5,8-11,15-16,18H,6-7,12-13H2,(H,23,25)/t15-,16+,18-/m1/s1. The number of benzene rings is 1. The van der Waals surface area contributed by atoms with Crippen LogP contribution in [0, 0.1) is 11.8 Å². The van der Waals surface area contributed by atoms with Gasteiger partial charge in [0.25, 0.3) is 5.91 Å². The van der Waals surface area contributed by atoms with Crippen molar-refractivity contribution in [2.45, 2.75) is 18.9 Å². The van der Waals surface area contributed by atoms with Gasteiger partial charge < -0.3 is 10.2 Å². The summed E-state index contributed by atoms with van der Waals surface area (Å²) in [4.78, 5) is 28.0. The number of rotatable bonds is 3. The summed E-state index contributed by atoms with van der Waals surface area (Å²) in [6.45, 7) is 1.59. The van der Waals surface area contributed by atoms with Gasteiger partial charge in [-0.3, -0.25) is 9.78 Å². The van der Waals surface area contributed by atoms with Gasteiger partial charge in [-0.25, -0.2) is 9.97 Å². The number of fused-ring (bicyclic) bond motifs is 2. The monoisotopic (exact) mass is 359 g/mol. The van der Waals surface area contributed by atoms with Gasteiger partial charge in [-0.1, -0.05) is 24.3 Å². The van der Waals surface area contributed by atoms with Crippen LogP contribution in [0.1, 0.15) is 23.3 Å². The molecule has 1 amide bonds. The van der Waals surface area contributed by atoms with Crippen molar-refractivity contribution in [1.29, 1.82) is 0 Å². The number of pyridine rings is 1. The lowest BCUT2D eigenvalue weighted by Gasteiger charge is -2.22. The number of hydrogen-bond donors (Lipinski definition) is 1. The van der Waals surface area contributed by atoms with Gasteiger partial charge >= 0.3 is 0 Å². The van der Waals surface area contributed by atoms with Crippen LogP contribution in [0.3, 0.4) is 0 Å². The summed E-state index contributed by atoms with van der Waals surface area (Å²) in [5.74, 6) is 1.84. The lowest BCUT2D eigenvalue weighted by Crippen LogP contribution is -2.33. The predicted molar refractivity (Wildman–Crippen MR) is 103 cm³/mol. The van der Waals surface area contributed by atoms with Crippen molar-refractivity contribution in [2.24, 2.45) is 11.8 Å². The van der Waals surface area contributed by atoms with E-state index in [-0.39, 0.29) is 5.91 Å². The Morgan fingerprint density at radius 2 is 2.00 bits per heavy atom. The highest BCUT2D eigenvalue weighted by Crippen LogP contribution is 2.39. The summed E-state index contributed by atoms with van der Waals surface area (Å²) in [6.07, 6.45) is 7.38. The summed E-state index contributed by atoms with van der Waals surface area (Å²) in [7, 11) is 0. The Hall–Kier alpha value is -3.02. The third-order valence-corrected chi connectivity index (χ3v) is 5.86. The van der Waals surface area contributed by atoms with Gasteiger partial charge in [-0.2, -0.15) is 0 Å². The first-order valence-electron chi connectivity index (χ1n) is 9.45. The quantitative estimate of drug-likeness (QED) is 0.778. The minimum Gasteiger partial charge on any atom is -0.366 e. The number of anilines is 1. The maximum atomic E-state index is 13.0. The van der Waals surface area contributed by atoms with E-state index in [4.69, 9.17) is 0 Å². The average molecular weight is 359 g/mol. The topological polar surface area (TPSA) is 71.0 Å². The summed E-state index contributed by atoms with van der Waals surface area (Å²) >= 11 is 0. The van der Waals surface area contributed by atoms with Crippen molar-refractivity contribution in [1.82, 2.24) is 19.9 Å². The number of likely N-dealkylation sites (tertiary alicyclic amines) is 1. The molecule has 1 saturated heterocycles. The number of hydrogen-bond acceptors (Lipinski definition) is 5. The molecule has 2 aliphatic rings. The van der Waals surface area contributed by atoms with Crippen LogP contribution in [0.25, 0.3) is 10.9 Å². The van der Waals surface area contributed by atoms with E-state index in [1.807, 2.05) is 41.3 Å². The Kier molecular flexibility index (Phi) is 3.96. The van der Waals surface area contributed by atoms with E-state index in [0.29, 0.717) is 23.6 Å². The molecule has 6 nitrogen and oxygen atoms in total. The van der Waals surface area contributed by atoms with Crippen molar-refractivity contribution in [3.63, 3.8) is 0 Å². The smallest absolute Gasteiger partial charge is 0.272 e. The largest absolute Gasteiger partial charge is 0.366 e. The molecule has 3 aromatic rings. The fraction of sp³-hybridized carbons (Fsp3) is 0.333. The fourth-order valence-electron chi connectivity index (χ4n) is 4.52. The zero-order valence-electron chi connectivity index (χ0n) is 15.0. The average Bonchev–Trinajstić information content (AvgIpc) is 3.30. The minimum absolute atomic E-state index is 0.0356. The molecular formula is C21H21N5O. The molecular weight excluding hydrogens is 338 g/mol. The van der Waals surface area contributed by atoms with Crippen LogP contribution in [0.2, 0.25) is 0 Å². The molecule has 1 aliphatic heterocycles. The minimum atomic E-state index is 0.0356. The maximum Gasteiger partial charge on any atom is 0.272 e. The number of nitrogens with one attached hydrogen (secondary N) is 1. The molecule has 136 valence electrons. The summed E-state index contributed by atoms with van der Waals surface area (Å²) in [6, 6.07) is 12.1. The fourth-order valence-corrected chi connectivity index (χ4v) is 4.52. The number of carbonyl (C=O) groups is 1. The van der Waals surface area contributed by atoms with E-state index in [0.717, 1.165) is 42.7 Å². The van der Waals surface area contributed by atoms with E-state index >= 15 is 0 Å². The Bertz CT molecular complexity index is 976. The van der Waals surface area contributed by atoms with Crippen molar-refractivity contribution >= 4 is 22.6 Å². The van der Waals surface area contributed by atoms with Crippen molar-refractivity contribution in [2.75, 3.05) is 18.4 Å². The van der Waals surface area contributed by atoms with E-state index in [1.165, 1.54) is 0 Å². The molecule has 0 bridgehead atoms. The van der Waals surface area contributed by atoms with Crippen molar-refractivity contribution in [3.8, 4) is 0 Å². The summed E-state index contributed by atoms with van der Waals surface area (Å²) in [5, 5.41) is 4.56. The molecule has 1 aliphatic carbocycles. The van der Waals surface area contributed by atoms with Gasteiger partial charge in [0.15, 0.2) is 0 Å². The van der Waals surface area contributed by atoms with Gasteiger partial charge in [-0.15, -0.1) is 0 Å². The molecule has 0 spiro atoms. The first-order valence-corrected chi connectivity index (χ1v) is 9.45. The van der Waals surface area contributed by atoms with Crippen LogP contribution >= 0.6 is 0 Å². The molecule has 1 aromatic carbocycles. The second kappa shape index (κ2) is 6.61. The summed E-state index contributed by atoms with van der Waals surface area (Å²) in [5.41, 5.74) is 1.40. The van der Waals surface area contributed by atoms with Gasteiger partial charge in [-0.05, 0) is 30.9 Å². The molecule has 3 atom stereocenters. The van der Waals surface area contributed by atoms with E-state index in [1.54, 1.807) is 18.6 Å². The molecule has 6 heteroatoms. The molecule has 3 heterocycles. The number of para-hydroxylation sites is 1. The van der Waals surface area contributed by atoms with Crippen LogP contribution < -0.4 is 5.32 Å². The van der Waals surface area contributed by atoms with Crippen molar-refractivity contribution < 1.29 is 4.79 Å². The molecule has 1 saturated carbocycles. The molecule has 0 unspecified atom stereocenters. The van der Waals surface area contributed by atoms with Gasteiger partial charge in [0.1, 0.15) is 11.5 Å². The third-order valence-electron chi connectivity index (χ3n) is 5.86. The maximum absolute atomic E-state index is 13.0. The van der Waals surface area contributed by atoms with Crippen LogP contribution in [0.15, 0.2) is 55.0 Å². The van der Waals surface area contributed by atoms with Crippen LogP contribution in [-0.2, 0) is 0 Å². The molecule has 2 fully saturated rings. The molecule has 2 aromatic heterocycles. The summed E-state index contributed by atoms with van der Waals surface area (Å²) < 4.78 is 0. The predicted octanol–water partition coefficient (Wildman–Crippen LogP) is 2.99. The Labute approximate surface area is 157 Å². The van der Waals surface area contributed by atoms with E-state index < -0.39 is 0 Å². The second-order valence-corrected chi connectivity index (χ2v) is 7.44. The lowest BCUT2D eigenvalue weighted by atomic mass is 9.98. The van der Waals surface area contributed by atoms with Crippen LogP contribution in [-0.4, -0.2) is 44.9 Å². The first-order chi connectivity index (χ1) is 13.3. The molecule has 1 N–H and O–H groups in total. The molecule has 0 radical (unpaired) electrons. The van der Waals surface area contributed by atoms with Gasteiger partial charge in [0, 0.05) is 42.8 Å². The first kappa shape index (κ1) is 16.2. The zero-order chi connectivity index (χ0) is 18.2. The number of amides is 1. The highest BCUT2D eigenvalue weighted by atomic mass is 16.2. The lowest BCUT2D eigenvalue weighted by molar-refractivity contribution is 0.0774. The van der Waals surface area contributed by atoms with Crippen molar-refractivity contribution in [3.05, 3.63) is 60.7 Å². The highest BCUT2D eigenvalue weighted by molar-refractivity contribution is 5.95. The van der Waals surface area contributed by atoms with Gasteiger partial charge in [0.2, 0.25) is 0 Å². The number of nitrogens with zero attached hydrogens (tertiary/aromatic N) is 4. The highest BCUT2D eigenvalue weighted by Gasteiger charge is 2.44. The SMILES string of the molecule is O=C(c1ccc2ccccc2n1)N1C[C@H]2CC[C@@H](Nc3cnccn3)[C@H]2C1. The normalized spacial score (nSPS) is 24.1. The zero-order valence-corrected chi connectivity index (χ0v) is 15.0. The second-order valence-electron chi connectivity index (χ2n) is 7.44. The van der Waals surface area contributed by atoms with E-state index in [2.05, 4.69) is 20.3 Å². The van der Waals surface area contributed by atoms with Gasteiger partial charge in [0.05, 0.1) is 11.7 Å². The molecule has 5 rings (SSSR count). The number of carbonyl (C=O) groups excluding carboxylic acids is 1. The van der Waals surface area contributed by atoms with Crippen LogP contribution in [0.5, 0.6) is 0 Å². The Morgan fingerprint density at radius 1 is 1.07 bits per heavy atom. The number of aromatic nitrogens is 3.